The summed E-state index contributed by atoms with van der Waals surface area (Å²) in [7, 11) is 0. The van der Waals surface area contributed by atoms with Crippen LogP contribution in [-0.4, -0.2) is 48.4 Å². The van der Waals surface area contributed by atoms with E-state index in [1.165, 1.54) is 5.56 Å². The molecule has 0 radical (unpaired) electrons. The third-order valence-electron chi connectivity index (χ3n) is 4.90. The minimum atomic E-state index is -0.0269. The Labute approximate surface area is 171 Å². The molecule has 2 aromatic rings. The second-order valence-electron chi connectivity index (χ2n) is 7.02. The van der Waals surface area contributed by atoms with E-state index >= 15 is 0 Å². The molecule has 3 rings (SSSR count). The van der Waals surface area contributed by atoms with Crippen LogP contribution in [-0.2, 0) is 11.3 Å². The normalized spacial score (nSPS) is 16.9. The third kappa shape index (κ3) is 6.22. The monoisotopic (exact) mass is 405 g/mol. The molecule has 1 atom stereocenters. The van der Waals surface area contributed by atoms with Gasteiger partial charge >= 0.3 is 0 Å². The highest BCUT2D eigenvalue weighted by Crippen LogP contribution is 2.16. The lowest BCUT2D eigenvalue weighted by molar-refractivity contribution is -0.123. The molecule has 1 amide bonds. The second-order valence-corrected chi connectivity index (χ2v) is 7.89. The molecule has 0 spiro atoms. The maximum atomic E-state index is 12.4. The van der Waals surface area contributed by atoms with Gasteiger partial charge in [0, 0.05) is 42.8 Å². The molecule has 1 fully saturated rings. The predicted octanol–water partition coefficient (Wildman–Crippen LogP) is 3.99. The van der Waals surface area contributed by atoms with Crippen LogP contribution in [0, 0.1) is 0 Å². The van der Waals surface area contributed by atoms with Gasteiger partial charge in [0.15, 0.2) is 0 Å². The largest absolute Gasteiger partial charge is 0.348 e. The molecule has 0 aromatic heterocycles. The number of nitrogens with one attached hydrogen (secondary N) is 1. The SMILES string of the molecule is C[C@H](NC(=O)CN1CCN(Cc2ccc(Cl)cc2)CC1)c1ccc(Cl)cc1. The molecule has 1 N–H and O–H groups in total. The van der Waals surface area contributed by atoms with Gasteiger partial charge in [0.25, 0.3) is 0 Å². The summed E-state index contributed by atoms with van der Waals surface area (Å²) < 4.78 is 0. The first kappa shape index (κ1) is 20.2. The van der Waals surface area contributed by atoms with E-state index in [1.54, 1.807) is 0 Å². The van der Waals surface area contributed by atoms with Crippen molar-refractivity contribution < 1.29 is 4.79 Å². The van der Waals surface area contributed by atoms with Crippen molar-refractivity contribution in [2.24, 2.45) is 0 Å². The van der Waals surface area contributed by atoms with Crippen LogP contribution in [0.5, 0.6) is 0 Å². The van der Waals surface area contributed by atoms with Gasteiger partial charge in [-0.2, -0.15) is 0 Å². The zero-order valence-corrected chi connectivity index (χ0v) is 17.0. The van der Waals surface area contributed by atoms with E-state index in [9.17, 15) is 4.79 Å². The summed E-state index contributed by atoms with van der Waals surface area (Å²) >= 11 is 11.9. The molecule has 2 aromatic carbocycles. The Morgan fingerprint density at radius 3 is 2.04 bits per heavy atom. The second kappa shape index (κ2) is 9.56. The molecule has 4 nitrogen and oxygen atoms in total. The first-order valence-electron chi connectivity index (χ1n) is 9.23. The number of halogens is 2. The molecule has 0 aliphatic carbocycles. The summed E-state index contributed by atoms with van der Waals surface area (Å²) in [6.07, 6.45) is 0. The molecule has 144 valence electrons. The molecule has 0 bridgehead atoms. The number of amides is 1. The van der Waals surface area contributed by atoms with Crippen molar-refractivity contribution in [3.8, 4) is 0 Å². The Morgan fingerprint density at radius 1 is 0.926 bits per heavy atom. The summed E-state index contributed by atoms with van der Waals surface area (Å²) in [6, 6.07) is 15.6. The number of benzene rings is 2. The van der Waals surface area contributed by atoms with Gasteiger partial charge < -0.3 is 5.32 Å². The highest BCUT2D eigenvalue weighted by molar-refractivity contribution is 6.30. The number of piperazine rings is 1. The molecular weight excluding hydrogens is 381 g/mol. The van der Waals surface area contributed by atoms with Crippen LogP contribution < -0.4 is 5.32 Å². The molecule has 1 aliphatic heterocycles. The van der Waals surface area contributed by atoms with Gasteiger partial charge in [0.2, 0.25) is 5.91 Å². The Kier molecular flexibility index (Phi) is 7.13. The maximum absolute atomic E-state index is 12.4. The summed E-state index contributed by atoms with van der Waals surface area (Å²) in [5.41, 5.74) is 2.32. The Bertz CT molecular complexity index is 741. The van der Waals surface area contributed by atoms with Crippen molar-refractivity contribution in [3.63, 3.8) is 0 Å². The zero-order chi connectivity index (χ0) is 19.2. The fraction of sp³-hybridized carbons (Fsp3) is 0.381. The molecule has 27 heavy (non-hydrogen) atoms. The first-order valence-corrected chi connectivity index (χ1v) is 9.99. The van der Waals surface area contributed by atoms with Crippen molar-refractivity contribution in [2.45, 2.75) is 19.5 Å². The molecule has 6 heteroatoms. The minimum absolute atomic E-state index is 0.0269. The fourth-order valence-corrected chi connectivity index (χ4v) is 3.53. The average molecular weight is 406 g/mol. The third-order valence-corrected chi connectivity index (χ3v) is 5.40. The highest BCUT2D eigenvalue weighted by atomic mass is 35.5. The predicted molar refractivity (Wildman–Crippen MR) is 111 cm³/mol. The van der Waals surface area contributed by atoms with E-state index in [4.69, 9.17) is 23.2 Å². The quantitative estimate of drug-likeness (QED) is 0.788. The van der Waals surface area contributed by atoms with Crippen LogP contribution in [0.25, 0.3) is 0 Å². The number of carbonyl (C=O) groups excluding carboxylic acids is 1. The number of hydrogen-bond acceptors (Lipinski definition) is 3. The van der Waals surface area contributed by atoms with Crippen LogP contribution in [0.4, 0.5) is 0 Å². The molecule has 1 saturated heterocycles. The lowest BCUT2D eigenvalue weighted by Gasteiger charge is -2.34. The Balaban J connectivity index is 1.41. The standard InChI is InChI=1S/C21H25Cl2N3O/c1-16(18-4-8-20(23)9-5-18)24-21(27)15-26-12-10-25(11-13-26)14-17-2-6-19(22)7-3-17/h2-9,16H,10-15H2,1H3,(H,24,27)/t16-/m0/s1. The summed E-state index contributed by atoms with van der Waals surface area (Å²) in [5, 5.41) is 4.54. The molecule has 1 heterocycles. The van der Waals surface area contributed by atoms with Gasteiger partial charge in [0.05, 0.1) is 12.6 Å². The molecule has 0 saturated carbocycles. The fourth-order valence-electron chi connectivity index (χ4n) is 3.28. The van der Waals surface area contributed by atoms with Crippen LogP contribution in [0.3, 0.4) is 0 Å². The number of hydrogen-bond donors (Lipinski definition) is 1. The topological polar surface area (TPSA) is 35.6 Å². The maximum Gasteiger partial charge on any atom is 0.234 e. The van der Waals surface area contributed by atoms with Gasteiger partial charge in [0.1, 0.15) is 0 Å². The average Bonchev–Trinajstić information content (AvgIpc) is 2.65. The van der Waals surface area contributed by atoms with Crippen molar-refractivity contribution in [1.82, 2.24) is 15.1 Å². The van der Waals surface area contributed by atoms with Crippen LogP contribution in [0.1, 0.15) is 24.1 Å². The Morgan fingerprint density at radius 2 is 1.44 bits per heavy atom. The molecule has 0 unspecified atom stereocenters. The van der Waals surface area contributed by atoms with Gasteiger partial charge in [-0.15, -0.1) is 0 Å². The van der Waals surface area contributed by atoms with Crippen LogP contribution in [0.2, 0.25) is 10.0 Å². The number of nitrogens with zero attached hydrogens (tertiary/aromatic N) is 2. The molecular formula is C21H25Cl2N3O. The summed E-state index contributed by atoms with van der Waals surface area (Å²) in [4.78, 5) is 17.0. The van der Waals surface area contributed by atoms with Gasteiger partial charge in [-0.3, -0.25) is 14.6 Å². The van der Waals surface area contributed by atoms with Crippen molar-refractivity contribution in [1.29, 1.82) is 0 Å². The van der Waals surface area contributed by atoms with Crippen LogP contribution >= 0.6 is 23.2 Å². The van der Waals surface area contributed by atoms with E-state index in [1.807, 2.05) is 43.3 Å². The van der Waals surface area contributed by atoms with Gasteiger partial charge in [-0.25, -0.2) is 0 Å². The van der Waals surface area contributed by atoms with Crippen molar-refractivity contribution >= 4 is 29.1 Å². The summed E-state index contributed by atoms with van der Waals surface area (Å²) in [6.45, 7) is 7.07. The van der Waals surface area contributed by atoms with Crippen molar-refractivity contribution in [3.05, 3.63) is 69.7 Å². The van der Waals surface area contributed by atoms with E-state index < -0.39 is 0 Å². The lowest BCUT2D eigenvalue weighted by Crippen LogP contribution is -2.49. The van der Waals surface area contributed by atoms with E-state index in [2.05, 4.69) is 27.2 Å². The van der Waals surface area contributed by atoms with Crippen LogP contribution in [0.15, 0.2) is 48.5 Å². The number of carbonyl (C=O) groups is 1. The highest BCUT2D eigenvalue weighted by Gasteiger charge is 2.20. The van der Waals surface area contributed by atoms with Gasteiger partial charge in [-0.05, 0) is 42.3 Å². The minimum Gasteiger partial charge on any atom is -0.348 e. The lowest BCUT2D eigenvalue weighted by atomic mass is 10.1. The Hall–Kier alpha value is -1.59. The van der Waals surface area contributed by atoms with E-state index in [0.29, 0.717) is 11.6 Å². The van der Waals surface area contributed by atoms with Crippen molar-refractivity contribution in [2.75, 3.05) is 32.7 Å². The first-order chi connectivity index (χ1) is 13.0. The van der Waals surface area contributed by atoms with E-state index in [0.717, 1.165) is 43.3 Å². The van der Waals surface area contributed by atoms with Gasteiger partial charge in [-0.1, -0.05) is 47.5 Å². The molecule has 1 aliphatic rings. The zero-order valence-electron chi connectivity index (χ0n) is 15.5. The van der Waals surface area contributed by atoms with E-state index in [-0.39, 0.29) is 11.9 Å². The summed E-state index contributed by atoms with van der Waals surface area (Å²) in [5.74, 6) is 0.0589. The number of rotatable bonds is 6. The smallest absolute Gasteiger partial charge is 0.234 e.